The monoisotopic (exact) mass is 194 g/mol. The zero-order chi connectivity index (χ0) is 10.8. The number of hydrogen-bond donors (Lipinski definition) is 1. The van der Waals surface area contributed by atoms with Crippen molar-refractivity contribution in [3.8, 4) is 0 Å². The van der Waals surface area contributed by atoms with Gasteiger partial charge in [-0.2, -0.15) is 0 Å². The summed E-state index contributed by atoms with van der Waals surface area (Å²) in [7, 11) is 1.98. The number of rotatable bonds is 3. The summed E-state index contributed by atoms with van der Waals surface area (Å²) in [6, 6.07) is 3.96. The molecule has 14 heavy (non-hydrogen) atoms. The summed E-state index contributed by atoms with van der Waals surface area (Å²) in [5.41, 5.74) is 1.83. The molecule has 1 rings (SSSR count). The van der Waals surface area contributed by atoms with Crippen LogP contribution < -0.4 is 4.90 Å². The van der Waals surface area contributed by atoms with Gasteiger partial charge < -0.3 is 10.0 Å². The molecule has 78 valence electrons. The Morgan fingerprint density at radius 1 is 1.50 bits per heavy atom. The molecule has 0 bridgehead atoms. The van der Waals surface area contributed by atoms with Crippen molar-refractivity contribution in [1.82, 2.24) is 4.98 Å². The van der Waals surface area contributed by atoms with E-state index >= 15 is 0 Å². The van der Waals surface area contributed by atoms with Gasteiger partial charge in [-0.3, -0.25) is 4.98 Å². The van der Waals surface area contributed by atoms with Crippen LogP contribution in [0.25, 0.3) is 0 Å². The Balaban J connectivity index is 2.94. The lowest BCUT2D eigenvalue weighted by molar-refractivity contribution is 0.216. The van der Waals surface area contributed by atoms with Crippen molar-refractivity contribution in [2.24, 2.45) is 0 Å². The molecule has 0 aromatic carbocycles. The number of anilines is 1. The molecule has 1 N–H and O–H groups in total. The normalized spacial score (nSPS) is 11.5. The van der Waals surface area contributed by atoms with Crippen molar-refractivity contribution in [3.05, 3.63) is 24.0 Å². The number of aliphatic hydroxyl groups excluding tert-OH is 1. The zero-order valence-electron chi connectivity index (χ0n) is 9.28. The van der Waals surface area contributed by atoms with Gasteiger partial charge in [0.1, 0.15) is 0 Å². The van der Waals surface area contributed by atoms with Crippen LogP contribution in [0.1, 0.15) is 19.5 Å². The first kappa shape index (κ1) is 11.0. The third-order valence-electron chi connectivity index (χ3n) is 2.56. The Hall–Kier alpha value is -1.09. The first-order valence-corrected chi connectivity index (χ1v) is 4.75. The second-order valence-electron chi connectivity index (χ2n) is 4.18. The van der Waals surface area contributed by atoms with Crippen molar-refractivity contribution < 1.29 is 5.11 Å². The molecule has 0 saturated carbocycles. The molecule has 0 fully saturated rings. The predicted octanol–water partition coefficient (Wildman–Crippen LogP) is 1.60. The van der Waals surface area contributed by atoms with Crippen LogP contribution in [0.4, 0.5) is 5.69 Å². The number of aliphatic hydroxyl groups is 1. The highest BCUT2D eigenvalue weighted by molar-refractivity contribution is 5.47. The third kappa shape index (κ3) is 2.23. The quantitative estimate of drug-likeness (QED) is 0.794. The molecule has 0 saturated heterocycles. The number of nitrogens with zero attached hydrogens (tertiary/aromatic N) is 2. The van der Waals surface area contributed by atoms with E-state index in [-0.39, 0.29) is 12.1 Å². The SMILES string of the molecule is Cc1cc(N(C)C(C)(C)CO)ccn1. The molecule has 3 heteroatoms. The van der Waals surface area contributed by atoms with Gasteiger partial charge in [-0.05, 0) is 32.9 Å². The second-order valence-corrected chi connectivity index (χ2v) is 4.18. The van der Waals surface area contributed by atoms with E-state index in [1.165, 1.54) is 0 Å². The van der Waals surface area contributed by atoms with Crippen LogP contribution in [0.15, 0.2) is 18.3 Å². The highest BCUT2D eigenvalue weighted by Gasteiger charge is 2.22. The Morgan fingerprint density at radius 2 is 2.14 bits per heavy atom. The molecule has 0 aliphatic carbocycles. The molecule has 1 aromatic heterocycles. The number of aromatic nitrogens is 1. The van der Waals surface area contributed by atoms with Crippen molar-refractivity contribution in [1.29, 1.82) is 0 Å². The highest BCUT2D eigenvalue weighted by Crippen LogP contribution is 2.21. The summed E-state index contributed by atoms with van der Waals surface area (Å²) in [6.45, 7) is 6.10. The summed E-state index contributed by atoms with van der Waals surface area (Å²) in [5.74, 6) is 0. The van der Waals surface area contributed by atoms with Crippen LogP contribution in [-0.2, 0) is 0 Å². The van der Waals surface area contributed by atoms with Crippen LogP contribution in [-0.4, -0.2) is 29.3 Å². The van der Waals surface area contributed by atoms with Gasteiger partial charge in [0.15, 0.2) is 0 Å². The van der Waals surface area contributed by atoms with Gasteiger partial charge in [-0.15, -0.1) is 0 Å². The lowest BCUT2D eigenvalue weighted by Gasteiger charge is -2.35. The molecule has 0 atom stereocenters. The summed E-state index contributed by atoms with van der Waals surface area (Å²) < 4.78 is 0. The molecule has 0 aliphatic heterocycles. The molecule has 0 aliphatic rings. The van der Waals surface area contributed by atoms with E-state index in [1.807, 2.05) is 40.0 Å². The molecule has 1 aromatic rings. The lowest BCUT2D eigenvalue weighted by atomic mass is 10.0. The molecule has 0 radical (unpaired) electrons. The fourth-order valence-corrected chi connectivity index (χ4v) is 1.19. The zero-order valence-corrected chi connectivity index (χ0v) is 9.28. The van der Waals surface area contributed by atoms with E-state index in [2.05, 4.69) is 9.88 Å². The van der Waals surface area contributed by atoms with E-state index in [1.54, 1.807) is 6.20 Å². The van der Waals surface area contributed by atoms with Crippen LogP contribution >= 0.6 is 0 Å². The molecular formula is C11H18N2O. The average Bonchev–Trinajstić information content (AvgIpc) is 2.16. The molecule has 0 amide bonds. The lowest BCUT2D eigenvalue weighted by Crippen LogP contribution is -2.44. The summed E-state index contributed by atoms with van der Waals surface area (Å²) in [6.07, 6.45) is 1.79. The Kier molecular flexibility index (Phi) is 3.11. The first-order valence-electron chi connectivity index (χ1n) is 4.75. The van der Waals surface area contributed by atoms with Gasteiger partial charge in [0.25, 0.3) is 0 Å². The smallest absolute Gasteiger partial charge is 0.0658 e. The Bertz CT molecular complexity index is 310. The highest BCUT2D eigenvalue weighted by atomic mass is 16.3. The Labute approximate surface area is 85.4 Å². The minimum atomic E-state index is -0.242. The predicted molar refractivity (Wildman–Crippen MR) is 58.5 cm³/mol. The maximum atomic E-state index is 9.24. The van der Waals surface area contributed by atoms with Gasteiger partial charge in [-0.25, -0.2) is 0 Å². The van der Waals surface area contributed by atoms with Crippen LogP contribution in [0.2, 0.25) is 0 Å². The fraction of sp³-hybridized carbons (Fsp3) is 0.545. The molecule has 1 heterocycles. The van der Waals surface area contributed by atoms with E-state index in [0.717, 1.165) is 11.4 Å². The average molecular weight is 194 g/mol. The number of aryl methyl sites for hydroxylation is 1. The topological polar surface area (TPSA) is 36.4 Å². The van der Waals surface area contributed by atoms with Crippen molar-refractivity contribution >= 4 is 5.69 Å². The van der Waals surface area contributed by atoms with E-state index in [0.29, 0.717) is 0 Å². The van der Waals surface area contributed by atoms with Crippen LogP contribution in [0.3, 0.4) is 0 Å². The van der Waals surface area contributed by atoms with Gasteiger partial charge in [0, 0.05) is 24.6 Å². The Morgan fingerprint density at radius 3 is 2.64 bits per heavy atom. The van der Waals surface area contributed by atoms with Crippen LogP contribution in [0.5, 0.6) is 0 Å². The standard InChI is InChI=1S/C11H18N2O/c1-9-7-10(5-6-12-9)13(4)11(2,3)8-14/h5-7,14H,8H2,1-4H3. The number of likely N-dealkylation sites (N-methyl/N-ethyl adjacent to an activating group) is 1. The summed E-state index contributed by atoms with van der Waals surface area (Å²) in [4.78, 5) is 6.20. The first-order chi connectivity index (χ1) is 6.47. The summed E-state index contributed by atoms with van der Waals surface area (Å²) in [5, 5.41) is 9.24. The van der Waals surface area contributed by atoms with Gasteiger partial charge in [0.2, 0.25) is 0 Å². The number of hydrogen-bond acceptors (Lipinski definition) is 3. The van der Waals surface area contributed by atoms with Gasteiger partial charge in [-0.1, -0.05) is 0 Å². The third-order valence-corrected chi connectivity index (χ3v) is 2.56. The minimum absolute atomic E-state index is 0.130. The van der Waals surface area contributed by atoms with E-state index in [4.69, 9.17) is 0 Å². The van der Waals surface area contributed by atoms with Crippen molar-refractivity contribution in [3.63, 3.8) is 0 Å². The molecule has 0 unspecified atom stereocenters. The second kappa shape index (κ2) is 3.96. The summed E-state index contributed by atoms with van der Waals surface area (Å²) >= 11 is 0. The largest absolute Gasteiger partial charge is 0.394 e. The van der Waals surface area contributed by atoms with E-state index in [9.17, 15) is 5.11 Å². The van der Waals surface area contributed by atoms with E-state index < -0.39 is 0 Å². The molecular weight excluding hydrogens is 176 g/mol. The van der Waals surface area contributed by atoms with Crippen molar-refractivity contribution in [2.45, 2.75) is 26.3 Å². The van der Waals surface area contributed by atoms with Gasteiger partial charge in [0.05, 0.1) is 12.1 Å². The maximum Gasteiger partial charge on any atom is 0.0658 e. The molecule has 3 nitrogen and oxygen atoms in total. The van der Waals surface area contributed by atoms with Gasteiger partial charge >= 0.3 is 0 Å². The van der Waals surface area contributed by atoms with Crippen molar-refractivity contribution in [2.75, 3.05) is 18.6 Å². The maximum absolute atomic E-state index is 9.24. The van der Waals surface area contributed by atoms with Crippen LogP contribution in [0, 0.1) is 6.92 Å². The minimum Gasteiger partial charge on any atom is -0.394 e. The number of pyridine rings is 1. The molecule has 0 spiro atoms. The fourth-order valence-electron chi connectivity index (χ4n) is 1.19.